The van der Waals surface area contributed by atoms with Crippen LogP contribution >= 0.6 is 24.4 Å². The predicted molar refractivity (Wildman–Crippen MR) is 95.7 cm³/mol. The molecule has 0 atom stereocenters. The van der Waals surface area contributed by atoms with Crippen molar-refractivity contribution in [2.24, 2.45) is 0 Å². The minimum atomic E-state index is 0.889. The Kier molecular flexibility index (Phi) is 7.10. The van der Waals surface area contributed by atoms with Gasteiger partial charge in [0.1, 0.15) is 9.98 Å². The second-order valence-corrected chi connectivity index (χ2v) is 5.27. The van der Waals surface area contributed by atoms with Gasteiger partial charge in [0.25, 0.3) is 0 Å². The molecule has 20 heavy (non-hydrogen) atoms. The summed E-state index contributed by atoms with van der Waals surface area (Å²) in [6.45, 7) is 12.2. The monoisotopic (exact) mass is 308 g/mol. The summed E-state index contributed by atoms with van der Waals surface area (Å²) < 4.78 is 0. The third-order valence-electron chi connectivity index (χ3n) is 3.49. The fourth-order valence-corrected chi connectivity index (χ4v) is 3.09. The average Bonchev–Trinajstić information content (AvgIpc) is 2.49. The number of thiocarbonyl (C=S) groups is 2. The van der Waals surface area contributed by atoms with E-state index in [2.05, 4.69) is 49.6 Å². The third-order valence-corrected chi connectivity index (χ3v) is 4.45. The average molecular weight is 309 g/mol. The van der Waals surface area contributed by atoms with Crippen molar-refractivity contribution in [1.29, 1.82) is 0 Å². The Balaban J connectivity index is 3.17. The van der Waals surface area contributed by atoms with Gasteiger partial charge < -0.3 is 9.80 Å². The Morgan fingerprint density at radius 3 is 1.30 bits per heavy atom. The van der Waals surface area contributed by atoms with Crippen molar-refractivity contribution in [2.75, 3.05) is 26.2 Å². The topological polar surface area (TPSA) is 6.48 Å². The van der Waals surface area contributed by atoms with E-state index in [-0.39, 0.29) is 0 Å². The lowest BCUT2D eigenvalue weighted by Gasteiger charge is -2.27. The van der Waals surface area contributed by atoms with Crippen LogP contribution in [0.15, 0.2) is 24.3 Å². The van der Waals surface area contributed by atoms with Gasteiger partial charge in [0.2, 0.25) is 0 Å². The molecule has 110 valence electrons. The molecule has 0 aliphatic heterocycles. The Morgan fingerprint density at radius 1 is 0.750 bits per heavy atom. The molecule has 0 bridgehead atoms. The van der Waals surface area contributed by atoms with E-state index >= 15 is 0 Å². The smallest absolute Gasteiger partial charge is 0.109 e. The molecule has 0 fully saturated rings. The van der Waals surface area contributed by atoms with Crippen molar-refractivity contribution >= 4 is 34.4 Å². The number of rotatable bonds is 6. The lowest BCUT2D eigenvalue weighted by molar-refractivity contribution is 0.471. The molecule has 0 spiro atoms. The van der Waals surface area contributed by atoms with Crippen LogP contribution in [0.3, 0.4) is 0 Å². The van der Waals surface area contributed by atoms with Gasteiger partial charge in [-0.15, -0.1) is 0 Å². The van der Waals surface area contributed by atoms with Crippen LogP contribution in [0.1, 0.15) is 38.8 Å². The third kappa shape index (κ3) is 3.76. The van der Waals surface area contributed by atoms with Crippen molar-refractivity contribution in [3.63, 3.8) is 0 Å². The molecule has 0 aliphatic carbocycles. The molecule has 0 saturated heterocycles. The van der Waals surface area contributed by atoms with Gasteiger partial charge in [0.05, 0.1) is 0 Å². The van der Waals surface area contributed by atoms with Crippen LogP contribution in [0.25, 0.3) is 0 Å². The van der Waals surface area contributed by atoms with Gasteiger partial charge in [-0.3, -0.25) is 0 Å². The molecule has 0 saturated carbocycles. The minimum Gasteiger partial charge on any atom is -0.363 e. The van der Waals surface area contributed by atoms with Crippen molar-refractivity contribution in [3.8, 4) is 0 Å². The van der Waals surface area contributed by atoms with E-state index in [0.717, 1.165) is 47.3 Å². The van der Waals surface area contributed by atoms with Crippen LogP contribution in [0.2, 0.25) is 0 Å². The SMILES string of the molecule is CCN(CC)C(=S)c1ccccc1C(=S)N(CC)CC. The van der Waals surface area contributed by atoms with Crippen LogP contribution in [-0.2, 0) is 0 Å². The highest BCUT2D eigenvalue weighted by Crippen LogP contribution is 2.16. The molecule has 0 N–H and O–H groups in total. The number of hydrogen-bond acceptors (Lipinski definition) is 2. The van der Waals surface area contributed by atoms with Gasteiger partial charge >= 0.3 is 0 Å². The normalized spacial score (nSPS) is 10.2. The number of benzene rings is 1. The van der Waals surface area contributed by atoms with Crippen molar-refractivity contribution in [3.05, 3.63) is 35.4 Å². The van der Waals surface area contributed by atoms with Crippen LogP contribution in [-0.4, -0.2) is 46.0 Å². The molecule has 0 aromatic heterocycles. The van der Waals surface area contributed by atoms with Gasteiger partial charge in [-0.25, -0.2) is 0 Å². The Morgan fingerprint density at radius 2 is 1.05 bits per heavy atom. The standard InChI is InChI=1S/C16H24N2S2/c1-5-17(6-2)15(19)13-11-9-10-12-14(13)16(20)18(7-3)8-4/h9-12H,5-8H2,1-4H3. The van der Waals surface area contributed by atoms with Crippen LogP contribution in [0, 0.1) is 0 Å². The molecule has 1 rings (SSSR count). The summed E-state index contributed by atoms with van der Waals surface area (Å²) >= 11 is 11.3. The highest BCUT2D eigenvalue weighted by atomic mass is 32.1. The van der Waals surface area contributed by atoms with Crippen LogP contribution < -0.4 is 0 Å². The molecule has 1 aromatic rings. The molecule has 0 radical (unpaired) electrons. The lowest BCUT2D eigenvalue weighted by atomic mass is 10.1. The second-order valence-electron chi connectivity index (χ2n) is 4.50. The zero-order chi connectivity index (χ0) is 15.1. The summed E-state index contributed by atoms with van der Waals surface area (Å²) in [6.07, 6.45) is 0. The predicted octanol–water partition coefficient (Wildman–Crippen LogP) is 3.72. The van der Waals surface area contributed by atoms with Crippen molar-refractivity contribution < 1.29 is 0 Å². The zero-order valence-corrected chi connectivity index (χ0v) is 14.5. The minimum absolute atomic E-state index is 0.889. The number of hydrogen-bond donors (Lipinski definition) is 0. The van der Waals surface area contributed by atoms with Crippen molar-refractivity contribution in [1.82, 2.24) is 9.80 Å². The van der Waals surface area contributed by atoms with E-state index in [0.29, 0.717) is 0 Å². The van der Waals surface area contributed by atoms with E-state index in [1.807, 2.05) is 12.1 Å². The summed E-state index contributed by atoms with van der Waals surface area (Å²) in [7, 11) is 0. The molecular weight excluding hydrogens is 284 g/mol. The van der Waals surface area contributed by atoms with Gasteiger partial charge in [-0.1, -0.05) is 48.7 Å². The Labute approximate surface area is 133 Å². The maximum Gasteiger partial charge on any atom is 0.109 e. The van der Waals surface area contributed by atoms with Gasteiger partial charge in [0, 0.05) is 37.3 Å². The first-order valence-corrected chi connectivity index (χ1v) is 8.09. The maximum atomic E-state index is 5.65. The van der Waals surface area contributed by atoms with Crippen LogP contribution in [0.4, 0.5) is 0 Å². The van der Waals surface area contributed by atoms with Gasteiger partial charge in [-0.2, -0.15) is 0 Å². The molecule has 1 aromatic carbocycles. The summed E-state index contributed by atoms with van der Waals surface area (Å²) in [6, 6.07) is 8.20. The quantitative estimate of drug-likeness (QED) is 0.739. The molecule has 0 heterocycles. The van der Waals surface area contributed by atoms with Crippen molar-refractivity contribution in [2.45, 2.75) is 27.7 Å². The second kappa shape index (κ2) is 8.32. The molecule has 2 nitrogen and oxygen atoms in total. The Hall–Kier alpha value is -1.00. The summed E-state index contributed by atoms with van der Waals surface area (Å²) in [5.41, 5.74) is 2.14. The Bertz CT molecular complexity index is 420. The number of nitrogens with zero attached hydrogens (tertiary/aromatic N) is 2. The fraction of sp³-hybridized carbons (Fsp3) is 0.500. The van der Waals surface area contributed by atoms with E-state index in [1.54, 1.807) is 0 Å². The zero-order valence-electron chi connectivity index (χ0n) is 12.8. The molecular formula is C16H24N2S2. The van der Waals surface area contributed by atoms with E-state index < -0.39 is 0 Å². The molecule has 4 heteroatoms. The van der Waals surface area contributed by atoms with E-state index in [4.69, 9.17) is 24.4 Å². The largest absolute Gasteiger partial charge is 0.363 e. The fourth-order valence-electron chi connectivity index (χ4n) is 2.22. The first-order valence-electron chi connectivity index (χ1n) is 7.28. The highest BCUT2D eigenvalue weighted by molar-refractivity contribution is 7.81. The molecule has 0 unspecified atom stereocenters. The lowest BCUT2D eigenvalue weighted by Crippen LogP contribution is -2.34. The summed E-state index contributed by atoms with van der Waals surface area (Å²) in [5, 5.41) is 0. The maximum absolute atomic E-state index is 5.65. The molecule has 0 aliphatic rings. The highest BCUT2D eigenvalue weighted by Gasteiger charge is 2.17. The summed E-state index contributed by atoms with van der Waals surface area (Å²) in [4.78, 5) is 6.16. The summed E-state index contributed by atoms with van der Waals surface area (Å²) in [5.74, 6) is 0. The van der Waals surface area contributed by atoms with Gasteiger partial charge in [-0.05, 0) is 27.7 Å². The van der Waals surface area contributed by atoms with Crippen LogP contribution in [0.5, 0.6) is 0 Å². The van der Waals surface area contributed by atoms with E-state index in [9.17, 15) is 0 Å². The van der Waals surface area contributed by atoms with Gasteiger partial charge in [0.15, 0.2) is 0 Å². The first kappa shape index (κ1) is 17.1. The van der Waals surface area contributed by atoms with E-state index in [1.165, 1.54) is 0 Å². The molecule has 0 amide bonds. The first-order chi connectivity index (χ1) is 9.60.